The summed E-state index contributed by atoms with van der Waals surface area (Å²) in [6.45, 7) is 0.588. The molecule has 62 heavy (non-hydrogen) atoms. The van der Waals surface area contributed by atoms with E-state index in [-0.39, 0.29) is 52.9 Å². The van der Waals surface area contributed by atoms with Crippen LogP contribution in [0, 0.1) is 17.7 Å². The lowest BCUT2D eigenvalue weighted by atomic mass is 9.58. The van der Waals surface area contributed by atoms with Crippen LogP contribution in [0.3, 0.4) is 0 Å². The van der Waals surface area contributed by atoms with Crippen molar-refractivity contribution < 1.29 is 18.7 Å². The molecule has 5 aromatic rings. The summed E-state index contributed by atoms with van der Waals surface area (Å²) in [6, 6.07) is 34.9. The van der Waals surface area contributed by atoms with E-state index in [2.05, 4.69) is 109 Å². The van der Waals surface area contributed by atoms with Crippen LogP contribution in [0.1, 0.15) is 105 Å². The number of carbonyl (C=O) groups is 1. The Bertz CT molecular complexity index is 2210. The number of hydrogen-bond acceptors (Lipinski definition) is 5. The van der Waals surface area contributed by atoms with Crippen molar-refractivity contribution in [3.63, 3.8) is 0 Å². The van der Waals surface area contributed by atoms with E-state index < -0.39 is 0 Å². The maximum Gasteiger partial charge on any atom is 0.220 e. The molecule has 0 saturated heterocycles. The average Bonchev–Trinajstić information content (AvgIpc) is 4.25. The molecule has 0 bridgehead atoms. The molecule has 1 aromatic heterocycles. The quantitative estimate of drug-likeness (QED) is 0.0602. The summed E-state index contributed by atoms with van der Waals surface area (Å²) in [7, 11) is 5.64. The lowest BCUT2D eigenvalue weighted by Gasteiger charge is -2.52. The maximum atomic E-state index is 13.4. The first-order chi connectivity index (χ1) is 29.4. The van der Waals surface area contributed by atoms with Crippen molar-refractivity contribution in [3.05, 3.63) is 149 Å². The number of hydrogen-bond donors (Lipinski definition) is 2. The van der Waals surface area contributed by atoms with Crippen LogP contribution >= 0.6 is 24.8 Å². The van der Waals surface area contributed by atoms with Crippen LogP contribution in [0.25, 0.3) is 10.8 Å². The highest BCUT2D eigenvalue weighted by Gasteiger charge is 2.64. The summed E-state index contributed by atoms with van der Waals surface area (Å²) in [5.74, 6) is 2.52. The zero-order valence-corrected chi connectivity index (χ0v) is 38.2. The van der Waals surface area contributed by atoms with E-state index in [0.29, 0.717) is 31.2 Å². The fraction of sp³-hybridized carbons (Fsp3) is 0.434. The number of fused-ring (bicyclic) bond motifs is 1. The summed E-state index contributed by atoms with van der Waals surface area (Å²) in [4.78, 5) is 18.8. The minimum absolute atomic E-state index is 0. The van der Waals surface area contributed by atoms with Gasteiger partial charge in [0.25, 0.3) is 0 Å². The molecule has 0 spiro atoms. The second-order valence-corrected chi connectivity index (χ2v) is 17.6. The molecule has 8 rings (SSSR count). The molecule has 1 heterocycles. The number of halogens is 3. The second kappa shape index (κ2) is 20.8. The monoisotopic (exact) mass is 879 g/mol. The van der Waals surface area contributed by atoms with Gasteiger partial charge in [-0.3, -0.25) is 9.78 Å². The number of ether oxygens (including phenoxy) is 2. The number of benzene rings is 4. The van der Waals surface area contributed by atoms with Gasteiger partial charge in [0.2, 0.25) is 5.91 Å². The van der Waals surface area contributed by atoms with Crippen molar-refractivity contribution >= 4 is 41.5 Å². The number of pyridine rings is 1. The number of aromatic nitrogens is 1. The highest BCUT2D eigenvalue weighted by atomic mass is 35.5. The Morgan fingerprint density at radius 3 is 1.98 bits per heavy atom. The van der Waals surface area contributed by atoms with Crippen molar-refractivity contribution in [3.8, 4) is 11.5 Å². The van der Waals surface area contributed by atoms with E-state index in [1.807, 2.05) is 0 Å². The molecular weight excluding hydrogens is 817 g/mol. The lowest BCUT2D eigenvalue weighted by Crippen LogP contribution is -2.63. The van der Waals surface area contributed by atoms with E-state index in [9.17, 15) is 9.18 Å². The first kappa shape index (κ1) is 47.1. The first-order valence-electron chi connectivity index (χ1n) is 22.4. The standard InChI is InChI=1S/C53H62FN3O3.2ClH/c1-55-53(42-23-24-42,43-25-26-43)52(32-11-6-12-33-52)49-36-39-35-47(59-2)48(60-3)37-45(39)46(57-49)19-13-30-51(40-15-7-4-8-16-40,41-17-9-5-10-18-41)31-14-34-56-50(58)29-22-38-20-27-44(54)28-21-38;;/h4-5,7-11,15-18,20-21,27-28,32,35-37,42-43,55H,6,12-14,19,22-26,29-31,33-34H2,1-3H3,(H,56,58);2*1H. The Morgan fingerprint density at radius 1 is 0.806 bits per heavy atom. The Morgan fingerprint density at radius 2 is 1.42 bits per heavy atom. The van der Waals surface area contributed by atoms with Gasteiger partial charge in [-0.15, -0.1) is 24.8 Å². The number of nitrogens with one attached hydrogen (secondary N) is 2. The van der Waals surface area contributed by atoms with Crippen molar-refractivity contribution in [1.82, 2.24) is 15.6 Å². The third-order valence-corrected chi connectivity index (χ3v) is 14.1. The molecule has 1 atom stereocenters. The number of nitrogens with zero attached hydrogens (tertiary/aromatic N) is 1. The molecule has 4 aromatic carbocycles. The smallest absolute Gasteiger partial charge is 0.220 e. The van der Waals surface area contributed by atoms with Gasteiger partial charge in [0, 0.05) is 40.4 Å². The van der Waals surface area contributed by atoms with Gasteiger partial charge in [-0.25, -0.2) is 4.39 Å². The number of methoxy groups -OCH3 is 2. The van der Waals surface area contributed by atoms with E-state index in [1.165, 1.54) is 54.6 Å². The highest BCUT2D eigenvalue weighted by molar-refractivity contribution is 5.89. The largest absolute Gasteiger partial charge is 0.493 e. The van der Waals surface area contributed by atoms with E-state index in [1.54, 1.807) is 26.4 Å². The van der Waals surface area contributed by atoms with Crippen LogP contribution in [-0.2, 0) is 28.5 Å². The number of likely N-dealkylation sites (N-methyl/N-ethyl adjacent to an activating group) is 1. The van der Waals surface area contributed by atoms with E-state index in [4.69, 9.17) is 14.5 Å². The Hall–Kier alpha value is -4.43. The van der Waals surface area contributed by atoms with Crippen LogP contribution < -0.4 is 20.1 Å². The number of aryl methyl sites for hydroxylation is 2. The van der Waals surface area contributed by atoms with Gasteiger partial charge < -0.3 is 20.1 Å². The number of rotatable bonds is 20. The minimum atomic E-state index is -0.276. The summed E-state index contributed by atoms with van der Waals surface area (Å²) < 4.78 is 25.2. The lowest BCUT2D eigenvalue weighted by molar-refractivity contribution is -0.121. The second-order valence-electron chi connectivity index (χ2n) is 17.6. The Balaban J connectivity index is 0.00000321. The predicted molar refractivity (Wildman–Crippen MR) is 255 cm³/mol. The molecule has 9 heteroatoms. The first-order valence-corrected chi connectivity index (χ1v) is 22.4. The molecule has 0 aliphatic heterocycles. The summed E-state index contributed by atoms with van der Waals surface area (Å²) in [5.41, 5.74) is 5.36. The van der Waals surface area contributed by atoms with Gasteiger partial charge in [0.05, 0.1) is 19.9 Å². The molecule has 2 N–H and O–H groups in total. The molecular formula is C53H64Cl2FN3O3. The normalized spacial score (nSPS) is 17.5. The van der Waals surface area contributed by atoms with Gasteiger partial charge in [0.15, 0.2) is 11.5 Å². The number of allylic oxidation sites excluding steroid dienone is 1. The molecule has 2 saturated carbocycles. The van der Waals surface area contributed by atoms with Crippen molar-refractivity contribution in [2.45, 2.75) is 106 Å². The summed E-state index contributed by atoms with van der Waals surface area (Å²) in [5, 5.41) is 9.48. The van der Waals surface area contributed by atoms with Crippen LogP contribution in [0.4, 0.5) is 4.39 Å². The van der Waals surface area contributed by atoms with Crippen molar-refractivity contribution in [2.75, 3.05) is 27.8 Å². The van der Waals surface area contributed by atoms with Gasteiger partial charge in [-0.1, -0.05) is 84.9 Å². The minimum Gasteiger partial charge on any atom is -0.493 e. The van der Waals surface area contributed by atoms with Crippen LogP contribution in [0.5, 0.6) is 11.5 Å². The summed E-state index contributed by atoms with van der Waals surface area (Å²) in [6.07, 6.45) is 18.8. The fourth-order valence-corrected chi connectivity index (χ4v) is 11.0. The van der Waals surface area contributed by atoms with Crippen molar-refractivity contribution in [1.29, 1.82) is 0 Å². The van der Waals surface area contributed by atoms with Gasteiger partial charge in [-0.05, 0) is 155 Å². The number of carbonyl (C=O) groups excluding carboxylic acids is 1. The van der Waals surface area contributed by atoms with Crippen molar-refractivity contribution in [2.24, 2.45) is 11.8 Å². The fourth-order valence-electron chi connectivity index (χ4n) is 11.0. The topological polar surface area (TPSA) is 72.5 Å². The van der Waals surface area contributed by atoms with E-state index in [0.717, 1.165) is 84.9 Å². The highest BCUT2D eigenvalue weighted by Crippen LogP contribution is 2.62. The van der Waals surface area contributed by atoms with E-state index >= 15 is 0 Å². The molecule has 1 amide bonds. The molecule has 330 valence electrons. The van der Waals surface area contributed by atoms with Crippen LogP contribution in [0.2, 0.25) is 0 Å². The average molecular weight is 881 g/mol. The third kappa shape index (κ3) is 9.56. The molecule has 3 aliphatic rings. The summed E-state index contributed by atoms with van der Waals surface area (Å²) >= 11 is 0. The Labute approximate surface area is 380 Å². The third-order valence-electron chi connectivity index (χ3n) is 14.1. The number of amides is 1. The van der Waals surface area contributed by atoms with Crippen LogP contribution in [0.15, 0.2) is 115 Å². The maximum absolute atomic E-state index is 13.4. The zero-order chi connectivity index (χ0) is 41.6. The molecule has 6 nitrogen and oxygen atoms in total. The van der Waals surface area contributed by atoms with Gasteiger partial charge in [0.1, 0.15) is 5.82 Å². The predicted octanol–water partition coefficient (Wildman–Crippen LogP) is 11.8. The SMILES string of the molecule is CNC(C1CC1)(C1CC1)C1(c2cc3cc(OC)c(OC)cc3c(CCCC(CCCNC(=O)CCc3ccc(F)cc3)(c3ccccc3)c3ccccc3)n2)C=CCCC1.Cl.Cl. The molecule has 3 aliphatic carbocycles. The molecule has 2 fully saturated rings. The van der Waals surface area contributed by atoms with Gasteiger partial charge >= 0.3 is 0 Å². The molecule has 1 unspecified atom stereocenters. The zero-order valence-electron chi connectivity index (χ0n) is 36.6. The Kier molecular flexibility index (Phi) is 15.8. The molecule has 0 radical (unpaired) electrons. The van der Waals surface area contributed by atoms with Crippen LogP contribution in [-0.4, -0.2) is 44.2 Å². The van der Waals surface area contributed by atoms with Gasteiger partial charge in [-0.2, -0.15) is 0 Å².